The molecule has 116 valence electrons. The molecule has 4 rings (SSSR count). The molecule has 3 atom stereocenters. The molecule has 0 bridgehead atoms. The van der Waals surface area contributed by atoms with Crippen molar-refractivity contribution in [2.24, 2.45) is 5.41 Å². The van der Waals surface area contributed by atoms with Crippen LogP contribution in [0, 0.1) is 5.41 Å². The third-order valence-corrected chi connectivity index (χ3v) is 6.00. The van der Waals surface area contributed by atoms with Crippen molar-refractivity contribution in [3.63, 3.8) is 0 Å². The number of nitrogens with zero attached hydrogens (tertiary/aromatic N) is 1. The van der Waals surface area contributed by atoms with Crippen LogP contribution < -0.4 is 4.74 Å². The number of ketones is 2. The molecule has 0 unspecified atom stereocenters. The van der Waals surface area contributed by atoms with E-state index in [4.69, 9.17) is 4.74 Å². The Bertz CT molecular complexity index is 668. The number of benzene rings is 1. The Balaban J connectivity index is 1.75. The number of Topliss-reactive ketones (excluding diaryl/α,β-unsaturated/α-hetero) is 2. The maximum atomic E-state index is 12.7. The third-order valence-electron chi connectivity index (χ3n) is 6.00. The van der Waals surface area contributed by atoms with Gasteiger partial charge in [-0.15, -0.1) is 0 Å². The molecular weight excluding hydrogens is 278 g/mol. The van der Waals surface area contributed by atoms with Crippen molar-refractivity contribution in [1.29, 1.82) is 0 Å². The molecule has 4 heteroatoms. The van der Waals surface area contributed by atoms with Gasteiger partial charge in [0.05, 0.1) is 7.11 Å². The van der Waals surface area contributed by atoms with Crippen LogP contribution in [0.4, 0.5) is 0 Å². The maximum absolute atomic E-state index is 12.7. The van der Waals surface area contributed by atoms with E-state index < -0.39 is 5.41 Å². The second-order valence-corrected chi connectivity index (χ2v) is 6.88. The minimum absolute atomic E-state index is 0.0847. The highest BCUT2D eigenvalue weighted by Crippen LogP contribution is 2.50. The SMILES string of the molecule is COc1ccc2c(c1)CCN1[C@H]2CC(=O)[C@]2(C)C(=O)CC[C@@H]12. The van der Waals surface area contributed by atoms with E-state index in [1.54, 1.807) is 7.11 Å². The summed E-state index contributed by atoms with van der Waals surface area (Å²) in [4.78, 5) is 27.4. The number of piperidine rings is 1. The van der Waals surface area contributed by atoms with Gasteiger partial charge < -0.3 is 4.74 Å². The van der Waals surface area contributed by atoms with Crippen LogP contribution >= 0.6 is 0 Å². The molecule has 4 nitrogen and oxygen atoms in total. The molecule has 2 heterocycles. The molecule has 22 heavy (non-hydrogen) atoms. The van der Waals surface area contributed by atoms with Gasteiger partial charge in [-0.1, -0.05) is 6.07 Å². The van der Waals surface area contributed by atoms with E-state index in [-0.39, 0.29) is 23.7 Å². The molecule has 1 aromatic carbocycles. The van der Waals surface area contributed by atoms with Gasteiger partial charge in [-0.05, 0) is 43.0 Å². The summed E-state index contributed by atoms with van der Waals surface area (Å²) < 4.78 is 5.31. The van der Waals surface area contributed by atoms with Crippen LogP contribution in [-0.2, 0) is 16.0 Å². The number of carbonyl (C=O) groups excluding carboxylic acids is 2. The number of hydrogen-bond acceptors (Lipinski definition) is 4. The number of methoxy groups -OCH3 is 1. The number of hydrogen-bond donors (Lipinski definition) is 0. The zero-order valence-electron chi connectivity index (χ0n) is 13.1. The van der Waals surface area contributed by atoms with Crippen molar-refractivity contribution in [2.75, 3.05) is 13.7 Å². The van der Waals surface area contributed by atoms with Crippen LogP contribution in [0.3, 0.4) is 0 Å². The van der Waals surface area contributed by atoms with Gasteiger partial charge in [0, 0.05) is 31.5 Å². The average Bonchev–Trinajstić information content (AvgIpc) is 2.84. The fraction of sp³-hybridized carbons (Fsp3) is 0.556. The summed E-state index contributed by atoms with van der Waals surface area (Å²) in [5, 5.41) is 0. The quantitative estimate of drug-likeness (QED) is 0.747. The standard InChI is InChI=1S/C18H21NO3/c1-18-15(5-6-16(18)20)19-8-7-11-9-12(22-2)3-4-13(11)14(19)10-17(18)21/h3-4,9,14-15H,5-8,10H2,1-2H3/t14-,15+,18-/m0/s1. The molecule has 0 radical (unpaired) electrons. The van der Waals surface area contributed by atoms with Crippen molar-refractivity contribution in [3.8, 4) is 5.75 Å². The molecule has 0 amide bonds. The maximum Gasteiger partial charge on any atom is 0.149 e. The first kappa shape index (κ1) is 13.9. The Morgan fingerprint density at radius 3 is 2.82 bits per heavy atom. The summed E-state index contributed by atoms with van der Waals surface area (Å²) in [5.74, 6) is 1.14. The Hall–Kier alpha value is -1.68. The van der Waals surface area contributed by atoms with E-state index in [9.17, 15) is 9.59 Å². The first-order valence-electron chi connectivity index (χ1n) is 8.05. The summed E-state index contributed by atoms with van der Waals surface area (Å²) in [6.45, 7) is 2.79. The van der Waals surface area contributed by atoms with Gasteiger partial charge >= 0.3 is 0 Å². The lowest BCUT2D eigenvalue weighted by Gasteiger charge is -2.49. The summed E-state index contributed by atoms with van der Waals surface area (Å²) in [6, 6.07) is 6.37. The van der Waals surface area contributed by atoms with Crippen LogP contribution in [0.5, 0.6) is 5.75 Å². The van der Waals surface area contributed by atoms with Crippen LogP contribution in [0.15, 0.2) is 18.2 Å². The predicted octanol–water partition coefficient (Wildman–Crippen LogP) is 2.31. The lowest BCUT2D eigenvalue weighted by atomic mass is 9.70. The minimum atomic E-state index is -0.763. The van der Waals surface area contributed by atoms with Crippen molar-refractivity contribution >= 4 is 11.6 Å². The van der Waals surface area contributed by atoms with Gasteiger partial charge in [0.2, 0.25) is 0 Å². The van der Waals surface area contributed by atoms with Gasteiger partial charge in [-0.25, -0.2) is 0 Å². The second kappa shape index (κ2) is 4.66. The minimum Gasteiger partial charge on any atom is -0.497 e. The Morgan fingerprint density at radius 2 is 2.05 bits per heavy atom. The first-order valence-corrected chi connectivity index (χ1v) is 8.05. The number of rotatable bonds is 1. The number of carbonyl (C=O) groups is 2. The average molecular weight is 299 g/mol. The summed E-state index contributed by atoms with van der Waals surface area (Å²) in [7, 11) is 1.68. The second-order valence-electron chi connectivity index (χ2n) is 6.88. The van der Waals surface area contributed by atoms with Crippen LogP contribution in [0.1, 0.15) is 43.4 Å². The van der Waals surface area contributed by atoms with E-state index in [0.29, 0.717) is 12.8 Å². The van der Waals surface area contributed by atoms with Crippen molar-refractivity contribution in [1.82, 2.24) is 4.90 Å². The molecule has 3 aliphatic rings. The molecule has 2 fully saturated rings. The van der Waals surface area contributed by atoms with Crippen LogP contribution in [0.2, 0.25) is 0 Å². The summed E-state index contributed by atoms with van der Waals surface area (Å²) in [5.41, 5.74) is 1.75. The van der Waals surface area contributed by atoms with Crippen molar-refractivity contribution in [2.45, 2.75) is 44.7 Å². The molecule has 1 saturated heterocycles. The molecule has 1 aromatic rings. The Kier molecular flexibility index (Phi) is 2.95. The van der Waals surface area contributed by atoms with E-state index in [2.05, 4.69) is 17.0 Å². The van der Waals surface area contributed by atoms with E-state index in [1.165, 1.54) is 11.1 Å². The predicted molar refractivity (Wildman–Crippen MR) is 81.9 cm³/mol. The Morgan fingerprint density at radius 1 is 1.23 bits per heavy atom. The fourth-order valence-electron chi connectivity index (χ4n) is 4.66. The topological polar surface area (TPSA) is 46.6 Å². The zero-order valence-corrected chi connectivity index (χ0v) is 13.1. The lowest BCUT2D eigenvalue weighted by molar-refractivity contribution is -0.147. The van der Waals surface area contributed by atoms with Gasteiger partial charge in [-0.3, -0.25) is 14.5 Å². The number of fused-ring (bicyclic) bond motifs is 5. The van der Waals surface area contributed by atoms with Gasteiger partial charge in [0.1, 0.15) is 22.7 Å². The van der Waals surface area contributed by atoms with E-state index in [1.807, 2.05) is 13.0 Å². The van der Waals surface area contributed by atoms with Crippen molar-refractivity contribution < 1.29 is 14.3 Å². The molecule has 0 spiro atoms. The first-order chi connectivity index (χ1) is 10.6. The highest BCUT2D eigenvalue weighted by atomic mass is 16.5. The largest absolute Gasteiger partial charge is 0.497 e. The van der Waals surface area contributed by atoms with Gasteiger partial charge in [-0.2, -0.15) is 0 Å². The number of ether oxygens (including phenoxy) is 1. The van der Waals surface area contributed by atoms with E-state index >= 15 is 0 Å². The van der Waals surface area contributed by atoms with Gasteiger partial charge in [0.15, 0.2) is 0 Å². The molecule has 0 N–H and O–H groups in total. The van der Waals surface area contributed by atoms with E-state index in [0.717, 1.165) is 25.1 Å². The Labute approximate surface area is 130 Å². The molecule has 1 saturated carbocycles. The molecule has 0 aromatic heterocycles. The smallest absolute Gasteiger partial charge is 0.149 e. The fourth-order valence-corrected chi connectivity index (χ4v) is 4.66. The molecular formula is C18H21NO3. The molecule has 1 aliphatic carbocycles. The van der Waals surface area contributed by atoms with Crippen LogP contribution in [-0.4, -0.2) is 36.2 Å². The zero-order chi connectivity index (χ0) is 15.5. The highest BCUT2D eigenvalue weighted by Gasteiger charge is 2.58. The normalized spacial score (nSPS) is 34.1. The highest BCUT2D eigenvalue weighted by molar-refractivity contribution is 6.09. The monoisotopic (exact) mass is 299 g/mol. The van der Waals surface area contributed by atoms with Crippen molar-refractivity contribution in [3.05, 3.63) is 29.3 Å². The van der Waals surface area contributed by atoms with Crippen LogP contribution in [0.25, 0.3) is 0 Å². The summed E-state index contributed by atoms with van der Waals surface area (Å²) >= 11 is 0. The summed E-state index contributed by atoms with van der Waals surface area (Å²) in [6.07, 6.45) is 2.78. The molecule has 2 aliphatic heterocycles. The lowest BCUT2D eigenvalue weighted by Crippen LogP contribution is -2.58. The third kappa shape index (κ3) is 1.67. The van der Waals surface area contributed by atoms with Gasteiger partial charge in [0.25, 0.3) is 0 Å².